The van der Waals surface area contributed by atoms with Crippen LogP contribution in [-0.2, 0) is 0 Å². The number of ether oxygens (including phenoxy) is 1. The number of carbonyl (C=O) groups excluding carboxylic acids is 1. The first kappa shape index (κ1) is 22.5. The molecule has 0 saturated carbocycles. The summed E-state index contributed by atoms with van der Waals surface area (Å²) >= 11 is 6.11. The number of hydrogen-bond acceptors (Lipinski definition) is 5. The van der Waals surface area contributed by atoms with Gasteiger partial charge in [0, 0.05) is 30.8 Å². The third kappa shape index (κ3) is 6.94. The lowest BCUT2D eigenvalue weighted by molar-refractivity contribution is -0.384. The molecule has 0 aromatic heterocycles. The van der Waals surface area contributed by atoms with Crippen molar-refractivity contribution in [1.29, 1.82) is 0 Å². The van der Waals surface area contributed by atoms with Gasteiger partial charge in [-0.3, -0.25) is 14.9 Å². The number of nitro benzene ring substituents is 1. The fraction of sp³-hybridized carbons (Fsp3) is 0.381. The summed E-state index contributed by atoms with van der Waals surface area (Å²) in [5, 5.41) is 17.2. The molecule has 0 aliphatic rings. The third-order valence-corrected chi connectivity index (χ3v) is 4.45. The molecule has 0 unspecified atom stereocenters. The summed E-state index contributed by atoms with van der Waals surface area (Å²) in [6.07, 6.45) is 0.0761. The summed E-state index contributed by atoms with van der Waals surface area (Å²) < 4.78 is 5.58. The van der Waals surface area contributed by atoms with E-state index in [0.29, 0.717) is 24.3 Å². The molecule has 2 aromatic carbocycles. The highest BCUT2D eigenvalue weighted by atomic mass is 35.5. The second-order valence-electron chi connectivity index (χ2n) is 7.81. The first-order valence-electron chi connectivity index (χ1n) is 9.30. The van der Waals surface area contributed by atoms with Crippen molar-refractivity contribution in [3.8, 4) is 5.75 Å². The van der Waals surface area contributed by atoms with Gasteiger partial charge in [-0.25, -0.2) is 0 Å². The molecule has 7 nitrogen and oxygen atoms in total. The largest absolute Gasteiger partial charge is 0.491 e. The highest BCUT2D eigenvalue weighted by Crippen LogP contribution is 2.27. The van der Waals surface area contributed by atoms with Gasteiger partial charge in [0.15, 0.2) is 0 Å². The summed E-state index contributed by atoms with van der Waals surface area (Å²) in [6, 6.07) is 11.3. The molecular weight excluding hydrogens is 394 g/mol. The maximum atomic E-state index is 12.4. The number of nitro groups is 1. The van der Waals surface area contributed by atoms with Crippen molar-refractivity contribution in [3.05, 3.63) is 63.2 Å². The number of amides is 1. The molecule has 2 N–H and O–H groups in total. The Hall–Kier alpha value is -2.80. The number of benzene rings is 2. The summed E-state index contributed by atoms with van der Waals surface area (Å²) in [7, 11) is 0. The molecule has 0 fully saturated rings. The normalized spacial score (nSPS) is 11.2. The molecule has 0 aliphatic carbocycles. The molecule has 29 heavy (non-hydrogen) atoms. The van der Waals surface area contributed by atoms with E-state index in [4.69, 9.17) is 16.3 Å². The molecule has 1 amide bonds. The maximum Gasteiger partial charge on any atom is 0.271 e. The van der Waals surface area contributed by atoms with Crippen LogP contribution in [0.15, 0.2) is 42.5 Å². The van der Waals surface area contributed by atoms with Gasteiger partial charge in [0.25, 0.3) is 11.6 Å². The van der Waals surface area contributed by atoms with Crippen LogP contribution < -0.4 is 15.4 Å². The van der Waals surface area contributed by atoms with Crippen LogP contribution in [0, 0.1) is 15.5 Å². The number of rotatable bonds is 9. The zero-order valence-electron chi connectivity index (χ0n) is 17.0. The van der Waals surface area contributed by atoms with Gasteiger partial charge in [0.2, 0.25) is 0 Å². The maximum absolute atomic E-state index is 12.4. The standard InChI is InChI=1S/C21H26ClN3O4/c1-14(2)29-17-8-5-15(6-9-17)20(26)24-13-21(3,4)12-23-19-10-7-16(25(27)28)11-18(19)22/h5-11,14,23H,12-13H2,1-4H3,(H,24,26). The zero-order valence-corrected chi connectivity index (χ0v) is 17.7. The lowest BCUT2D eigenvalue weighted by atomic mass is 9.93. The average molecular weight is 420 g/mol. The summed E-state index contributed by atoms with van der Waals surface area (Å²) in [5.74, 6) is 0.559. The summed E-state index contributed by atoms with van der Waals surface area (Å²) in [5.41, 5.74) is 0.833. The molecule has 8 heteroatoms. The summed E-state index contributed by atoms with van der Waals surface area (Å²) in [6.45, 7) is 8.85. The van der Waals surface area contributed by atoms with E-state index in [0.717, 1.165) is 5.75 Å². The lowest BCUT2D eigenvalue weighted by Gasteiger charge is -2.26. The van der Waals surface area contributed by atoms with E-state index >= 15 is 0 Å². The van der Waals surface area contributed by atoms with Crippen molar-refractivity contribution < 1.29 is 14.5 Å². The van der Waals surface area contributed by atoms with Gasteiger partial charge in [-0.15, -0.1) is 0 Å². The Kier molecular flexibility index (Phi) is 7.45. The fourth-order valence-corrected chi connectivity index (χ4v) is 2.78. The Morgan fingerprint density at radius 2 is 1.83 bits per heavy atom. The number of carbonyl (C=O) groups is 1. The molecule has 0 saturated heterocycles. The minimum atomic E-state index is -0.489. The number of hydrogen-bond donors (Lipinski definition) is 2. The average Bonchev–Trinajstić information content (AvgIpc) is 2.65. The Bertz CT molecular complexity index is 867. The van der Waals surface area contributed by atoms with Crippen molar-refractivity contribution in [2.24, 2.45) is 5.41 Å². The van der Waals surface area contributed by atoms with Gasteiger partial charge in [-0.1, -0.05) is 25.4 Å². The minimum absolute atomic E-state index is 0.0584. The number of anilines is 1. The Balaban J connectivity index is 1.89. The van der Waals surface area contributed by atoms with E-state index in [9.17, 15) is 14.9 Å². The van der Waals surface area contributed by atoms with Crippen molar-refractivity contribution in [2.75, 3.05) is 18.4 Å². The first-order valence-corrected chi connectivity index (χ1v) is 9.68. The molecule has 0 bridgehead atoms. The number of nitrogens with zero attached hydrogens (tertiary/aromatic N) is 1. The fourth-order valence-electron chi connectivity index (χ4n) is 2.54. The van der Waals surface area contributed by atoms with Gasteiger partial charge in [0.05, 0.1) is 21.7 Å². The van der Waals surface area contributed by atoms with E-state index < -0.39 is 4.92 Å². The molecule has 2 aromatic rings. The van der Waals surface area contributed by atoms with Gasteiger partial charge in [-0.2, -0.15) is 0 Å². The smallest absolute Gasteiger partial charge is 0.271 e. The van der Waals surface area contributed by atoms with E-state index in [2.05, 4.69) is 10.6 Å². The van der Waals surface area contributed by atoms with E-state index in [1.807, 2.05) is 27.7 Å². The highest BCUT2D eigenvalue weighted by Gasteiger charge is 2.20. The second-order valence-corrected chi connectivity index (χ2v) is 8.22. The topological polar surface area (TPSA) is 93.5 Å². The summed E-state index contributed by atoms with van der Waals surface area (Å²) in [4.78, 5) is 22.7. The SMILES string of the molecule is CC(C)Oc1ccc(C(=O)NCC(C)(C)CNc2ccc([N+](=O)[O-])cc2Cl)cc1. The molecule has 0 heterocycles. The predicted molar refractivity (Wildman–Crippen MR) is 115 cm³/mol. The molecule has 0 aliphatic heterocycles. The van der Waals surface area contributed by atoms with E-state index in [1.54, 1.807) is 30.3 Å². The molecule has 2 rings (SSSR count). The Morgan fingerprint density at radius 1 is 1.17 bits per heavy atom. The first-order chi connectivity index (χ1) is 13.6. The lowest BCUT2D eigenvalue weighted by Crippen LogP contribution is -2.38. The number of nitrogens with one attached hydrogen (secondary N) is 2. The van der Waals surface area contributed by atoms with Crippen LogP contribution >= 0.6 is 11.6 Å². The quantitative estimate of drug-likeness (QED) is 0.445. The van der Waals surface area contributed by atoms with Crippen LogP contribution in [0.25, 0.3) is 0 Å². The van der Waals surface area contributed by atoms with Crippen molar-refractivity contribution in [2.45, 2.75) is 33.8 Å². The van der Waals surface area contributed by atoms with Crippen LogP contribution in [0.4, 0.5) is 11.4 Å². The van der Waals surface area contributed by atoms with Crippen molar-refractivity contribution in [3.63, 3.8) is 0 Å². The predicted octanol–water partition coefficient (Wildman–Crippen LogP) is 4.90. The van der Waals surface area contributed by atoms with Crippen LogP contribution in [0.3, 0.4) is 0 Å². The molecule has 0 radical (unpaired) electrons. The van der Waals surface area contributed by atoms with E-state index in [1.165, 1.54) is 12.1 Å². The van der Waals surface area contributed by atoms with Gasteiger partial charge in [-0.05, 0) is 49.6 Å². The van der Waals surface area contributed by atoms with E-state index in [-0.39, 0.29) is 28.1 Å². The Morgan fingerprint density at radius 3 is 2.38 bits per heavy atom. The second kappa shape index (κ2) is 9.60. The number of halogens is 1. The molecule has 156 valence electrons. The Labute approximate surface area is 175 Å². The molecular formula is C21H26ClN3O4. The minimum Gasteiger partial charge on any atom is -0.491 e. The monoisotopic (exact) mass is 419 g/mol. The van der Waals surface area contributed by atoms with Crippen LogP contribution in [0.5, 0.6) is 5.75 Å². The van der Waals surface area contributed by atoms with Gasteiger partial charge < -0.3 is 15.4 Å². The number of non-ortho nitro benzene ring substituents is 1. The molecule has 0 spiro atoms. The van der Waals surface area contributed by atoms with Gasteiger partial charge >= 0.3 is 0 Å². The van der Waals surface area contributed by atoms with Crippen LogP contribution in [0.1, 0.15) is 38.1 Å². The van der Waals surface area contributed by atoms with Crippen LogP contribution in [0.2, 0.25) is 5.02 Å². The third-order valence-electron chi connectivity index (χ3n) is 4.14. The van der Waals surface area contributed by atoms with Crippen molar-refractivity contribution in [1.82, 2.24) is 5.32 Å². The van der Waals surface area contributed by atoms with Crippen LogP contribution in [-0.4, -0.2) is 30.0 Å². The molecule has 0 atom stereocenters. The van der Waals surface area contributed by atoms with Gasteiger partial charge in [0.1, 0.15) is 5.75 Å². The van der Waals surface area contributed by atoms with Crippen molar-refractivity contribution >= 4 is 28.9 Å². The zero-order chi connectivity index (χ0) is 21.6. The highest BCUT2D eigenvalue weighted by molar-refractivity contribution is 6.33.